The summed E-state index contributed by atoms with van der Waals surface area (Å²) < 4.78 is 30.0. The first kappa shape index (κ1) is 19.8. The van der Waals surface area contributed by atoms with Crippen molar-refractivity contribution in [2.45, 2.75) is 63.3 Å². The molecule has 0 spiro atoms. The number of hydrogen-bond acceptors (Lipinski definition) is 5. The number of benzene rings is 1. The minimum Gasteiger partial charge on any atom is -0.310 e. The lowest BCUT2D eigenvalue weighted by Gasteiger charge is -2.15. The number of amides is 1. The van der Waals surface area contributed by atoms with Crippen LogP contribution in [0.2, 0.25) is 0 Å². The van der Waals surface area contributed by atoms with Gasteiger partial charge in [0.15, 0.2) is 0 Å². The van der Waals surface area contributed by atoms with Crippen molar-refractivity contribution in [2.75, 3.05) is 5.32 Å². The molecular weight excluding hydrogens is 392 g/mol. The fraction of sp³-hybridized carbons (Fsp3) is 0.450. The van der Waals surface area contributed by atoms with Crippen molar-refractivity contribution in [3.63, 3.8) is 0 Å². The normalized spacial score (nSPS) is 17.9. The average molecular weight is 417 g/mol. The number of sulfonamides is 1. The van der Waals surface area contributed by atoms with E-state index in [1.165, 1.54) is 4.68 Å². The third-order valence-corrected chi connectivity index (χ3v) is 7.23. The molecule has 0 saturated heterocycles. The van der Waals surface area contributed by atoms with E-state index in [1.54, 1.807) is 32.0 Å². The lowest BCUT2D eigenvalue weighted by atomic mass is 10.0. The standard InChI is InChI=1S/C20H24N4O4S/c1-12-7-8-14(11-16(12)29(27,28)23-15-5-3-4-6-15)19-13(2)22-24-18(26)10-9-17(25)21-20(19)24/h7-8,11,15,23H,3-6,9-10H2,1-2H3,(H,21,25). The second-order valence-electron chi connectivity index (χ2n) is 7.75. The van der Waals surface area contributed by atoms with E-state index in [2.05, 4.69) is 15.1 Å². The van der Waals surface area contributed by atoms with Gasteiger partial charge in [-0.05, 0) is 43.9 Å². The number of nitrogens with zero attached hydrogens (tertiary/aromatic N) is 2. The largest absolute Gasteiger partial charge is 0.310 e. The summed E-state index contributed by atoms with van der Waals surface area (Å²) >= 11 is 0. The van der Waals surface area contributed by atoms with Gasteiger partial charge in [-0.2, -0.15) is 9.78 Å². The van der Waals surface area contributed by atoms with Crippen LogP contribution in [0.1, 0.15) is 54.6 Å². The summed E-state index contributed by atoms with van der Waals surface area (Å²) in [5.41, 5.74) is 2.34. The van der Waals surface area contributed by atoms with Crippen LogP contribution in [0.5, 0.6) is 0 Å². The molecule has 0 bridgehead atoms. The van der Waals surface area contributed by atoms with Crippen molar-refractivity contribution in [3.05, 3.63) is 29.5 Å². The fourth-order valence-electron chi connectivity index (χ4n) is 4.06. The highest BCUT2D eigenvalue weighted by atomic mass is 32.2. The first-order valence-corrected chi connectivity index (χ1v) is 11.3. The number of hydrogen-bond donors (Lipinski definition) is 2. The predicted octanol–water partition coefficient (Wildman–Crippen LogP) is 2.76. The summed E-state index contributed by atoms with van der Waals surface area (Å²) in [7, 11) is -3.68. The number of aromatic nitrogens is 2. The highest BCUT2D eigenvalue weighted by Crippen LogP contribution is 2.35. The van der Waals surface area contributed by atoms with E-state index in [0.29, 0.717) is 28.2 Å². The second kappa shape index (κ2) is 7.38. The Labute approximate surface area is 169 Å². The van der Waals surface area contributed by atoms with E-state index in [9.17, 15) is 18.0 Å². The molecule has 1 aromatic carbocycles. The SMILES string of the molecule is Cc1ccc(-c2c(C)nn3c2NC(=O)CCC3=O)cc1S(=O)(=O)NC1CCCC1. The van der Waals surface area contributed by atoms with Gasteiger partial charge in [0.25, 0.3) is 0 Å². The van der Waals surface area contributed by atoms with Crippen LogP contribution in [-0.4, -0.2) is 36.1 Å². The average Bonchev–Trinajstić information content (AvgIpc) is 3.24. The first-order chi connectivity index (χ1) is 13.8. The minimum atomic E-state index is -3.68. The molecular formula is C20H24N4O4S. The number of fused-ring (bicyclic) bond motifs is 1. The highest BCUT2D eigenvalue weighted by molar-refractivity contribution is 7.89. The van der Waals surface area contributed by atoms with Crippen molar-refractivity contribution in [2.24, 2.45) is 0 Å². The molecule has 1 aliphatic carbocycles. The zero-order valence-electron chi connectivity index (χ0n) is 16.5. The quantitative estimate of drug-likeness (QED) is 0.796. The molecule has 1 amide bonds. The maximum Gasteiger partial charge on any atom is 0.249 e. The third-order valence-electron chi connectivity index (χ3n) is 5.56. The summed E-state index contributed by atoms with van der Waals surface area (Å²) in [5.74, 6) is -0.234. The van der Waals surface area contributed by atoms with Gasteiger partial charge in [0.05, 0.1) is 10.6 Å². The Morgan fingerprint density at radius 2 is 1.86 bits per heavy atom. The lowest BCUT2D eigenvalue weighted by molar-refractivity contribution is -0.116. The summed E-state index contributed by atoms with van der Waals surface area (Å²) in [6.07, 6.45) is 3.94. The summed E-state index contributed by atoms with van der Waals surface area (Å²) in [6.45, 7) is 3.49. The Morgan fingerprint density at radius 1 is 1.14 bits per heavy atom. The molecule has 2 aliphatic rings. The van der Waals surface area contributed by atoms with Gasteiger partial charge in [-0.15, -0.1) is 0 Å². The van der Waals surface area contributed by atoms with Crippen LogP contribution in [0, 0.1) is 13.8 Å². The molecule has 8 nitrogen and oxygen atoms in total. The molecule has 0 atom stereocenters. The van der Waals surface area contributed by atoms with Gasteiger partial charge in [0.1, 0.15) is 5.82 Å². The Hall–Kier alpha value is -2.52. The van der Waals surface area contributed by atoms with Crippen LogP contribution in [0.25, 0.3) is 11.1 Å². The first-order valence-electron chi connectivity index (χ1n) is 9.82. The molecule has 1 aliphatic heterocycles. The Kier molecular flexibility index (Phi) is 5.04. The molecule has 1 fully saturated rings. The van der Waals surface area contributed by atoms with Crippen molar-refractivity contribution >= 4 is 27.7 Å². The number of rotatable bonds is 4. The fourth-order valence-corrected chi connectivity index (χ4v) is 5.64. The van der Waals surface area contributed by atoms with Crippen LogP contribution < -0.4 is 10.0 Å². The summed E-state index contributed by atoms with van der Waals surface area (Å²) in [6, 6.07) is 5.09. The van der Waals surface area contributed by atoms with E-state index in [-0.39, 0.29) is 35.6 Å². The number of aryl methyl sites for hydroxylation is 2. The molecule has 0 unspecified atom stereocenters. The molecule has 2 aromatic rings. The molecule has 2 N–H and O–H groups in total. The Bertz CT molecular complexity index is 1100. The van der Waals surface area contributed by atoms with Crippen molar-refractivity contribution in [1.82, 2.24) is 14.5 Å². The molecule has 0 radical (unpaired) electrons. The zero-order valence-corrected chi connectivity index (χ0v) is 17.3. The monoisotopic (exact) mass is 416 g/mol. The molecule has 29 heavy (non-hydrogen) atoms. The van der Waals surface area contributed by atoms with Gasteiger partial charge < -0.3 is 5.32 Å². The van der Waals surface area contributed by atoms with Gasteiger partial charge in [-0.25, -0.2) is 13.1 Å². The zero-order chi connectivity index (χ0) is 20.8. The third kappa shape index (κ3) is 3.72. The number of carbonyl (C=O) groups excluding carboxylic acids is 2. The van der Waals surface area contributed by atoms with Crippen LogP contribution in [0.15, 0.2) is 23.1 Å². The second-order valence-corrected chi connectivity index (χ2v) is 9.43. The molecule has 1 saturated carbocycles. The van der Waals surface area contributed by atoms with Gasteiger partial charge in [-0.3, -0.25) is 9.59 Å². The van der Waals surface area contributed by atoms with Crippen LogP contribution >= 0.6 is 0 Å². The number of nitrogens with one attached hydrogen (secondary N) is 2. The lowest BCUT2D eigenvalue weighted by Crippen LogP contribution is -2.33. The smallest absolute Gasteiger partial charge is 0.249 e. The maximum absolute atomic E-state index is 13.0. The van der Waals surface area contributed by atoms with Crippen molar-refractivity contribution in [1.29, 1.82) is 0 Å². The highest BCUT2D eigenvalue weighted by Gasteiger charge is 2.28. The van der Waals surface area contributed by atoms with E-state index in [4.69, 9.17) is 0 Å². The van der Waals surface area contributed by atoms with Crippen molar-refractivity contribution in [3.8, 4) is 11.1 Å². The molecule has 1 aromatic heterocycles. The Morgan fingerprint density at radius 3 is 2.59 bits per heavy atom. The number of anilines is 1. The van der Waals surface area contributed by atoms with Crippen molar-refractivity contribution < 1.29 is 18.0 Å². The van der Waals surface area contributed by atoms with E-state index in [1.807, 2.05) is 0 Å². The number of carbonyl (C=O) groups is 2. The van der Waals surface area contributed by atoms with E-state index in [0.717, 1.165) is 25.7 Å². The van der Waals surface area contributed by atoms with E-state index < -0.39 is 10.0 Å². The van der Waals surface area contributed by atoms with Gasteiger partial charge in [0.2, 0.25) is 21.8 Å². The van der Waals surface area contributed by atoms with Crippen LogP contribution in [0.4, 0.5) is 5.82 Å². The van der Waals surface area contributed by atoms with Gasteiger partial charge in [0, 0.05) is 24.4 Å². The summed E-state index contributed by atoms with van der Waals surface area (Å²) in [5, 5.41) is 7.04. The summed E-state index contributed by atoms with van der Waals surface area (Å²) in [4.78, 5) is 24.6. The topological polar surface area (TPSA) is 110 Å². The van der Waals surface area contributed by atoms with E-state index >= 15 is 0 Å². The molecule has 9 heteroatoms. The molecule has 2 heterocycles. The van der Waals surface area contributed by atoms with Crippen LogP contribution in [-0.2, 0) is 14.8 Å². The van der Waals surface area contributed by atoms with Crippen LogP contribution in [0.3, 0.4) is 0 Å². The Balaban J connectivity index is 1.79. The maximum atomic E-state index is 13.0. The molecule has 154 valence electrons. The minimum absolute atomic E-state index is 0.0332. The van der Waals surface area contributed by atoms with Gasteiger partial charge >= 0.3 is 0 Å². The van der Waals surface area contributed by atoms with Gasteiger partial charge in [-0.1, -0.05) is 25.0 Å². The molecule has 4 rings (SSSR count). The predicted molar refractivity (Wildman–Crippen MR) is 108 cm³/mol.